The number of nitrogens with zero attached hydrogens (tertiary/aromatic N) is 1. The van der Waals surface area contributed by atoms with Crippen molar-refractivity contribution >= 4 is 13.3 Å². The van der Waals surface area contributed by atoms with E-state index in [0.717, 1.165) is 5.69 Å². The quantitative estimate of drug-likeness (QED) is 0.577. The van der Waals surface area contributed by atoms with Crippen LogP contribution in [0.2, 0.25) is 0 Å². The summed E-state index contributed by atoms with van der Waals surface area (Å²) >= 11 is 0. The Morgan fingerprint density at radius 3 is 2.31 bits per heavy atom. The topological polar surface area (TPSA) is 12.9 Å². The van der Waals surface area contributed by atoms with E-state index in [1.54, 1.807) is 0 Å². The van der Waals surface area contributed by atoms with Crippen LogP contribution in [-0.2, 0) is 0 Å². The van der Waals surface area contributed by atoms with Crippen molar-refractivity contribution in [2.75, 3.05) is 0 Å². The van der Waals surface area contributed by atoms with Gasteiger partial charge in [-0.3, -0.25) is 4.98 Å². The van der Waals surface area contributed by atoms with E-state index in [0.29, 0.717) is 0 Å². The van der Waals surface area contributed by atoms with Gasteiger partial charge in [0.25, 0.3) is 0 Å². The zero-order valence-corrected chi connectivity index (χ0v) is 7.57. The summed E-state index contributed by atoms with van der Waals surface area (Å²) in [5, 5.41) is 0. The first-order valence-electron chi connectivity index (χ1n) is 4.34. The van der Waals surface area contributed by atoms with Crippen molar-refractivity contribution in [3.05, 3.63) is 48.7 Å². The summed E-state index contributed by atoms with van der Waals surface area (Å²) in [5.41, 5.74) is 3.48. The molecule has 0 aliphatic carbocycles. The normalized spacial score (nSPS) is 9.85. The summed E-state index contributed by atoms with van der Waals surface area (Å²) in [6.45, 7) is 0. The number of benzene rings is 1. The molecule has 0 spiro atoms. The molecule has 0 atom stereocenters. The highest BCUT2D eigenvalue weighted by molar-refractivity contribution is 6.32. The van der Waals surface area contributed by atoms with Crippen molar-refractivity contribution in [3.63, 3.8) is 0 Å². The van der Waals surface area contributed by atoms with E-state index in [9.17, 15) is 0 Å². The summed E-state index contributed by atoms with van der Waals surface area (Å²) in [6, 6.07) is 14.3. The van der Waals surface area contributed by atoms with Crippen LogP contribution in [-0.4, -0.2) is 12.8 Å². The molecule has 1 nitrogen and oxygen atoms in total. The zero-order valence-electron chi connectivity index (χ0n) is 7.57. The molecule has 0 saturated carbocycles. The highest BCUT2D eigenvalue weighted by atomic mass is 14.7. The molecule has 0 aliphatic heterocycles. The van der Waals surface area contributed by atoms with E-state index in [4.69, 9.17) is 0 Å². The third-order valence-corrected chi connectivity index (χ3v) is 2.01. The van der Waals surface area contributed by atoms with Gasteiger partial charge in [0.05, 0.1) is 5.69 Å². The van der Waals surface area contributed by atoms with Crippen LogP contribution in [0.15, 0.2) is 48.7 Å². The molecular formula is C11H10BN. The summed E-state index contributed by atoms with van der Waals surface area (Å²) in [7, 11) is 2.09. The molecule has 0 aliphatic rings. The average molecular weight is 167 g/mol. The first kappa shape index (κ1) is 8.05. The third-order valence-electron chi connectivity index (χ3n) is 2.01. The molecule has 0 amide bonds. The SMILES string of the molecule is Bc1ccc(-c2ccccn2)cc1. The lowest BCUT2D eigenvalue weighted by molar-refractivity contribution is 1.33. The average Bonchev–Trinajstić information content (AvgIpc) is 2.20. The fourth-order valence-corrected chi connectivity index (χ4v) is 1.26. The second kappa shape index (κ2) is 3.44. The highest BCUT2D eigenvalue weighted by Gasteiger charge is 1.95. The van der Waals surface area contributed by atoms with E-state index in [1.165, 1.54) is 11.0 Å². The van der Waals surface area contributed by atoms with E-state index in [1.807, 2.05) is 24.4 Å². The molecular weight excluding hydrogens is 157 g/mol. The van der Waals surface area contributed by atoms with Gasteiger partial charge in [-0.2, -0.15) is 0 Å². The zero-order chi connectivity index (χ0) is 9.10. The van der Waals surface area contributed by atoms with Crippen molar-refractivity contribution in [3.8, 4) is 11.3 Å². The maximum absolute atomic E-state index is 4.28. The van der Waals surface area contributed by atoms with Crippen LogP contribution in [0.5, 0.6) is 0 Å². The van der Waals surface area contributed by atoms with Crippen molar-refractivity contribution in [1.29, 1.82) is 0 Å². The van der Waals surface area contributed by atoms with Crippen LogP contribution in [0.3, 0.4) is 0 Å². The van der Waals surface area contributed by atoms with E-state index in [2.05, 4.69) is 37.1 Å². The van der Waals surface area contributed by atoms with Crippen LogP contribution in [0.25, 0.3) is 11.3 Å². The van der Waals surface area contributed by atoms with Gasteiger partial charge in [-0.05, 0) is 12.1 Å². The number of rotatable bonds is 1. The molecule has 1 heterocycles. The molecule has 2 aromatic rings. The van der Waals surface area contributed by atoms with Gasteiger partial charge in [0.2, 0.25) is 0 Å². The van der Waals surface area contributed by atoms with Crippen LogP contribution in [0.1, 0.15) is 0 Å². The number of hydrogen-bond donors (Lipinski definition) is 0. The molecule has 2 heteroatoms. The van der Waals surface area contributed by atoms with Crippen molar-refractivity contribution in [2.24, 2.45) is 0 Å². The van der Waals surface area contributed by atoms with Crippen LogP contribution in [0.4, 0.5) is 0 Å². The predicted octanol–water partition coefficient (Wildman–Crippen LogP) is 1.01. The molecule has 0 unspecified atom stereocenters. The van der Waals surface area contributed by atoms with E-state index in [-0.39, 0.29) is 0 Å². The monoisotopic (exact) mass is 167 g/mol. The lowest BCUT2D eigenvalue weighted by Crippen LogP contribution is -1.99. The van der Waals surface area contributed by atoms with Gasteiger partial charge in [0, 0.05) is 11.8 Å². The molecule has 0 radical (unpaired) electrons. The Bertz CT molecular complexity index is 381. The lowest BCUT2D eigenvalue weighted by atomic mass is 9.95. The number of hydrogen-bond acceptors (Lipinski definition) is 1. The Hall–Kier alpha value is -1.57. The second-order valence-electron chi connectivity index (χ2n) is 3.08. The van der Waals surface area contributed by atoms with Gasteiger partial charge in [0.1, 0.15) is 7.85 Å². The molecule has 0 fully saturated rings. The summed E-state index contributed by atoms with van der Waals surface area (Å²) in [5.74, 6) is 0. The molecule has 1 aromatic carbocycles. The Kier molecular flexibility index (Phi) is 2.13. The van der Waals surface area contributed by atoms with E-state index < -0.39 is 0 Å². The van der Waals surface area contributed by atoms with Gasteiger partial charge in [0.15, 0.2) is 0 Å². The minimum Gasteiger partial charge on any atom is -0.256 e. The Morgan fingerprint density at radius 1 is 0.923 bits per heavy atom. The Labute approximate surface area is 78.9 Å². The first-order chi connectivity index (χ1) is 6.36. The van der Waals surface area contributed by atoms with Crippen molar-refractivity contribution in [2.45, 2.75) is 0 Å². The van der Waals surface area contributed by atoms with Crippen LogP contribution >= 0.6 is 0 Å². The molecule has 1 aromatic heterocycles. The van der Waals surface area contributed by atoms with Crippen LogP contribution in [0, 0.1) is 0 Å². The predicted molar refractivity (Wildman–Crippen MR) is 57.9 cm³/mol. The van der Waals surface area contributed by atoms with Gasteiger partial charge >= 0.3 is 0 Å². The number of aromatic nitrogens is 1. The second-order valence-corrected chi connectivity index (χ2v) is 3.08. The maximum atomic E-state index is 4.28. The first-order valence-corrected chi connectivity index (χ1v) is 4.34. The molecule has 62 valence electrons. The lowest BCUT2D eigenvalue weighted by Gasteiger charge is -1.99. The minimum absolute atomic E-state index is 1.03. The van der Waals surface area contributed by atoms with Gasteiger partial charge in [-0.25, -0.2) is 0 Å². The molecule has 0 N–H and O–H groups in total. The van der Waals surface area contributed by atoms with Crippen LogP contribution < -0.4 is 5.46 Å². The van der Waals surface area contributed by atoms with Crippen molar-refractivity contribution in [1.82, 2.24) is 4.98 Å². The fraction of sp³-hybridized carbons (Fsp3) is 0. The number of pyridine rings is 1. The largest absolute Gasteiger partial charge is 0.256 e. The third kappa shape index (κ3) is 1.78. The summed E-state index contributed by atoms with van der Waals surface area (Å²) in [4.78, 5) is 4.28. The Balaban J connectivity index is 2.42. The minimum atomic E-state index is 1.03. The smallest absolute Gasteiger partial charge is 0.139 e. The van der Waals surface area contributed by atoms with E-state index >= 15 is 0 Å². The standard InChI is InChI=1S/C11H10BN/c12-10-6-4-9(5-7-10)11-3-1-2-8-13-11/h1-8H,12H2. The molecule has 2 rings (SSSR count). The molecule has 13 heavy (non-hydrogen) atoms. The highest BCUT2D eigenvalue weighted by Crippen LogP contribution is 2.13. The fourth-order valence-electron chi connectivity index (χ4n) is 1.26. The summed E-state index contributed by atoms with van der Waals surface area (Å²) < 4.78 is 0. The maximum Gasteiger partial charge on any atom is 0.139 e. The molecule has 0 saturated heterocycles. The van der Waals surface area contributed by atoms with Gasteiger partial charge < -0.3 is 0 Å². The van der Waals surface area contributed by atoms with Crippen molar-refractivity contribution < 1.29 is 0 Å². The Morgan fingerprint density at radius 2 is 1.69 bits per heavy atom. The summed E-state index contributed by atoms with van der Waals surface area (Å²) in [6.07, 6.45) is 1.81. The van der Waals surface area contributed by atoms with Gasteiger partial charge in [-0.15, -0.1) is 0 Å². The van der Waals surface area contributed by atoms with Gasteiger partial charge in [-0.1, -0.05) is 35.8 Å². The molecule has 0 bridgehead atoms.